The summed E-state index contributed by atoms with van der Waals surface area (Å²) < 4.78 is 16.7. The first kappa shape index (κ1) is 38.9. The molecule has 0 atom stereocenters. The first-order valence-electron chi connectivity index (χ1n) is 19.5. The Morgan fingerprint density at radius 1 is 0.667 bits per heavy atom. The molecule has 8 heteroatoms. The fraction of sp³-hybridized carbons (Fsp3) is 0.0577. The summed E-state index contributed by atoms with van der Waals surface area (Å²) >= 11 is -1.72. The number of pyridine rings is 1. The largest absolute Gasteiger partial charge is 0 e. The van der Waals surface area contributed by atoms with Crippen molar-refractivity contribution in [3.8, 4) is 45.5 Å². The molecule has 6 nitrogen and oxygen atoms in total. The number of nitriles is 1. The van der Waals surface area contributed by atoms with E-state index in [4.69, 9.17) is 13.8 Å². The van der Waals surface area contributed by atoms with E-state index in [2.05, 4.69) is 93.6 Å². The van der Waals surface area contributed by atoms with Crippen molar-refractivity contribution in [1.82, 2.24) is 14.5 Å². The molecule has 0 aliphatic carbocycles. The van der Waals surface area contributed by atoms with Gasteiger partial charge in [-0.1, -0.05) is 89.5 Å². The van der Waals surface area contributed by atoms with Gasteiger partial charge in [0.2, 0.25) is 0 Å². The zero-order valence-electron chi connectivity index (χ0n) is 33.0. The molecular formula is C52H36GeIrN4O2-2. The van der Waals surface area contributed by atoms with Crippen molar-refractivity contribution >= 4 is 72.6 Å². The van der Waals surface area contributed by atoms with Gasteiger partial charge in [0.25, 0.3) is 0 Å². The molecule has 11 rings (SSSR count). The van der Waals surface area contributed by atoms with Gasteiger partial charge in [-0.3, -0.25) is 4.98 Å². The first-order chi connectivity index (χ1) is 28.9. The summed E-state index contributed by atoms with van der Waals surface area (Å²) in [6.45, 7) is 0. The number of hydrogen-bond donors (Lipinski definition) is 0. The number of imidazole rings is 1. The van der Waals surface area contributed by atoms with Gasteiger partial charge in [-0.15, -0.1) is 12.1 Å². The molecule has 7 aromatic carbocycles. The molecule has 0 bridgehead atoms. The second-order valence-corrected chi connectivity index (χ2v) is 26.2. The predicted molar refractivity (Wildman–Crippen MR) is 242 cm³/mol. The summed E-state index contributed by atoms with van der Waals surface area (Å²) in [6, 6.07) is 61.4. The maximum Gasteiger partial charge on any atom is 0 e. The molecule has 0 unspecified atom stereocenters. The van der Waals surface area contributed by atoms with Gasteiger partial charge < -0.3 is 13.4 Å². The second kappa shape index (κ2) is 15.9. The molecule has 4 heterocycles. The predicted octanol–water partition coefficient (Wildman–Crippen LogP) is 12.9. The van der Waals surface area contributed by atoms with Crippen LogP contribution in [0.4, 0.5) is 0 Å². The summed E-state index contributed by atoms with van der Waals surface area (Å²) in [5.41, 5.74) is 11.3. The Balaban J connectivity index is 0.000000230. The van der Waals surface area contributed by atoms with Crippen LogP contribution >= 0.6 is 0 Å². The fourth-order valence-electron chi connectivity index (χ4n) is 7.78. The van der Waals surface area contributed by atoms with Crippen molar-refractivity contribution in [2.75, 3.05) is 0 Å². The number of nitrogens with zero attached hydrogens (tertiary/aromatic N) is 4. The van der Waals surface area contributed by atoms with Crippen LogP contribution in [0.3, 0.4) is 0 Å². The summed E-state index contributed by atoms with van der Waals surface area (Å²) in [5, 5.41) is 13.5. The topological polar surface area (TPSA) is 80.8 Å². The maximum absolute atomic E-state index is 9.34. The molecule has 0 saturated carbocycles. The Morgan fingerprint density at radius 3 is 2.10 bits per heavy atom. The van der Waals surface area contributed by atoms with Crippen LogP contribution in [0, 0.1) is 23.5 Å². The van der Waals surface area contributed by atoms with E-state index in [0.717, 1.165) is 83.0 Å². The van der Waals surface area contributed by atoms with Crippen LogP contribution in [-0.2, 0) is 20.1 Å². The first-order valence-corrected chi connectivity index (χ1v) is 26.9. The normalized spacial score (nSPS) is 11.4. The van der Waals surface area contributed by atoms with Crippen molar-refractivity contribution in [2.45, 2.75) is 17.3 Å². The van der Waals surface area contributed by atoms with Crippen molar-refractivity contribution in [1.29, 1.82) is 5.26 Å². The van der Waals surface area contributed by atoms with Crippen LogP contribution in [-0.4, -0.2) is 27.8 Å². The molecule has 0 spiro atoms. The molecule has 0 saturated heterocycles. The van der Waals surface area contributed by atoms with E-state index >= 15 is 0 Å². The van der Waals surface area contributed by atoms with E-state index in [1.807, 2.05) is 115 Å². The third-order valence-electron chi connectivity index (χ3n) is 10.8. The van der Waals surface area contributed by atoms with Crippen molar-refractivity contribution in [3.63, 3.8) is 0 Å². The van der Waals surface area contributed by atoms with Crippen LogP contribution in [0.15, 0.2) is 173 Å². The van der Waals surface area contributed by atoms with E-state index in [9.17, 15) is 5.26 Å². The Hall–Kier alpha value is -6.56. The van der Waals surface area contributed by atoms with Gasteiger partial charge in [0.05, 0.1) is 39.8 Å². The van der Waals surface area contributed by atoms with Crippen LogP contribution in [0.2, 0.25) is 17.3 Å². The van der Waals surface area contributed by atoms with Crippen LogP contribution in [0.1, 0.15) is 5.56 Å². The Morgan fingerprint density at radius 2 is 1.37 bits per heavy atom. The second-order valence-electron chi connectivity index (χ2n) is 15.5. The third-order valence-corrected chi connectivity index (χ3v) is 15.1. The number of rotatable bonds is 5. The minimum absolute atomic E-state index is 0. The number of fused-ring (bicyclic) bond motifs is 7. The molecule has 4 aromatic heterocycles. The molecule has 60 heavy (non-hydrogen) atoms. The van der Waals surface area contributed by atoms with Gasteiger partial charge >= 0.3 is 99.8 Å². The molecule has 0 aliphatic rings. The van der Waals surface area contributed by atoms with E-state index in [0.29, 0.717) is 17.0 Å². The molecular weight excluding hydrogens is 977 g/mol. The molecule has 0 fully saturated rings. The number of furan rings is 2. The minimum Gasteiger partial charge on any atom is 0 e. The Kier molecular flexibility index (Phi) is 10.3. The number of hydrogen-bond acceptors (Lipinski definition) is 5. The summed E-state index contributed by atoms with van der Waals surface area (Å²) in [4.78, 5) is 9.69. The van der Waals surface area contributed by atoms with E-state index in [1.165, 1.54) is 4.40 Å². The SMILES string of the molecule is N#Cc1ccc(-c2c[c-]c(-c3nc4ccccc4n3-c3cccc4c3oc3ccccc34)c3oc4ccccc4c23)cc1.[CH3][Ge]([CH3])([CH3])[c]1ccc(-c2[c-]cccc2)nc1.[Ir]. The Labute approximate surface area is 363 Å². The molecule has 0 amide bonds. The van der Waals surface area contributed by atoms with E-state index < -0.39 is 13.3 Å². The van der Waals surface area contributed by atoms with E-state index in [-0.39, 0.29) is 20.1 Å². The summed E-state index contributed by atoms with van der Waals surface area (Å²) in [5.74, 6) is 7.85. The van der Waals surface area contributed by atoms with Gasteiger partial charge in [-0.2, -0.15) is 5.26 Å². The molecule has 11 aromatic rings. The molecule has 1 radical (unpaired) electrons. The quantitative estimate of drug-likeness (QED) is 0.127. The van der Waals surface area contributed by atoms with Gasteiger partial charge in [0, 0.05) is 36.3 Å². The average Bonchev–Trinajstić information content (AvgIpc) is 3.98. The zero-order chi connectivity index (χ0) is 40.1. The van der Waals surface area contributed by atoms with Crippen molar-refractivity contribution < 1.29 is 28.9 Å². The van der Waals surface area contributed by atoms with Crippen LogP contribution in [0.25, 0.3) is 94.4 Å². The van der Waals surface area contributed by atoms with Gasteiger partial charge in [0.15, 0.2) is 5.58 Å². The van der Waals surface area contributed by atoms with Gasteiger partial charge in [-0.05, 0) is 47.9 Å². The summed E-state index contributed by atoms with van der Waals surface area (Å²) in [7, 11) is 0. The van der Waals surface area contributed by atoms with Crippen molar-refractivity contribution in [2.24, 2.45) is 0 Å². The van der Waals surface area contributed by atoms with E-state index in [1.54, 1.807) is 0 Å². The number of benzene rings is 7. The number of aromatic nitrogens is 3. The smallest absolute Gasteiger partial charge is 0 e. The molecule has 0 aliphatic heterocycles. The summed E-state index contributed by atoms with van der Waals surface area (Å²) in [6.07, 6.45) is 2.04. The monoisotopic (exact) mass is 1020 g/mol. The molecule has 291 valence electrons. The van der Waals surface area contributed by atoms with Crippen molar-refractivity contribution in [3.05, 3.63) is 182 Å². The van der Waals surface area contributed by atoms with Crippen LogP contribution < -0.4 is 4.40 Å². The van der Waals surface area contributed by atoms with Crippen LogP contribution in [0.5, 0.6) is 0 Å². The fourth-order valence-corrected chi connectivity index (χ4v) is 9.96. The Bertz CT molecular complexity index is 3370. The van der Waals surface area contributed by atoms with Gasteiger partial charge in [-0.25, -0.2) is 0 Å². The third kappa shape index (κ3) is 6.93. The van der Waals surface area contributed by atoms with Gasteiger partial charge in [0.1, 0.15) is 11.2 Å². The zero-order valence-corrected chi connectivity index (χ0v) is 37.5. The maximum atomic E-state index is 9.34. The average molecular weight is 1010 g/mol. The number of para-hydroxylation sites is 5. The molecule has 0 N–H and O–H groups in total. The standard InChI is InChI=1S/C38H20N3O2.C14H16GeN.Ir/c39-22-23-16-18-24(19-17-23)25-20-21-29(37-35(25)28-9-2-6-15-34(28)43-37)38-40-30-11-3-4-12-31(30)41(38)32-13-7-10-27-26-8-1-5-14-33(26)42-36(27)32;1-15(2,3)13-9-10-14(16-11-13)12-7-5-4-6-8-12;/h1-20H;4-7,9-11H,1-3H3;/q2*-1;. The minimum atomic E-state index is -1.72.